The van der Waals surface area contributed by atoms with Crippen LogP contribution in [0.2, 0.25) is 0 Å². The molecule has 3 rings (SSSR count). The third-order valence-electron chi connectivity index (χ3n) is 3.48. The lowest BCUT2D eigenvalue weighted by molar-refractivity contribution is 0.0949. The predicted octanol–water partition coefficient (Wildman–Crippen LogP) is 0.845. The summed E-state index contributed by atoms with van der Waals surface area (Å²) in [4.78, 5) is 26.0. The van der Waals surface area contributed by atoms with Crippen LogP contribution >= 0.6 is 0 Å². The second kappa shape index (κ2) is 5.99. The highest BCUT2D eigenvalue weighted by atomic mass is 19.1. The topological polar surface area (TPSA) is 80.1 Å². The Bertz CT molecular complexity index is 816. The molecular weight excluding hydrogens is 301 g/mol. The van der Waals surface area contributed by atoms with Crippen molar-refractivity contribution in [2.24, 2.45) is 0 Å². The number of benzene rings is 1. The summed E-state index contributed by atoms with van der Waals surface area (Å²) in [6.07, 6.45) is 1.51. The number of hydrogen-bond acceptors (Lipinski definition) is 5. The van der Waals surface area contributed by atoms with Crippen LogP contribution in [0.3, 0.4) is 0 Å². The highest BCUT2D eigenvalue weighted by Crippen LogP contribution is 2.26. The molecule has 0 saturated heterocycles. The molecule has 1 aliphatic rings. The Morgan fingerprint density at radius 2 is 2.04 bits per heavy atom. The van der Waals surface area contributed by atoms with Crippen molar-refractivity contribution in [3.63, 3.8) is 0 Å². The van der Waals surface area contributed by atoms with E-state index < -0.39 is 11.5 Å². The molecule has 8 heteroatoms. The number of fused-ring (bicyclic) bond motifs is 1. The standard InChI is InChI=1S/C15H14FN5O2/c1-2-7-17-13(22)12-14(23)21-9-8-20(15(21)19-18-12)11-5-3-10(16)4-6-11/h2-6H,1,7-9H2,(H,17,22). The molecule has 1 N–H and O–H groups in total. The minimum Gasteiger partial charge on any atom is -0.347 e. The van der Waals surface area contributed by atoms with Gasteiger partial charge in [0.25, 0.3) is 11.5 Å². The van der Waals surface area contributed by atoms with Crippen LogP contribution in [0.4, 0.5) is 16.0 Å². The zero-order valence-corrected chi connectivity index (χ0v) is 12.2. The molecule has 7 nitrogen and oxygen atoms in total. The third kappa shape index (κ3) is 2.70. The van der Waals surface area contributed by atoms with E-state index in [4.69, 9.17) is 0 Å². The second-order valence-electron chi connectivity index (χ2n) is 4.93. The van der Waals surface area contributed by atoms with Crippen molar-refractivity contribution in [3.8, 4) is 0 Å². The number of anilines is 2. The summed E-state index contributed by atoms with van der Waals surface area (Å²) < 4.78 is 14.4. The van der Waals surface area contributed by atoms with Gasteiger partial charge >= 0.3 is 0 Å². The Labute approximate surface area is 131 Å². The van der Waals surface area contributed by atoms with Gasteiger partial charge < -0.3 is 10.2 Å². The monoisotopic (exact) mass is 315 g/mol. The fraction of sp³-hybridized carbons (Fsp3) is 0.200. The number of nitrogens with one attached hydrogen (secondary N) is 1. The first-order chi connectivity index (χ1) is 11.1. The lowest BCUT2D eigenvalue weighted by atomic mass is 10.3. The van der Waals surface area contributed by atoms with E-state index in [0.29, 0.717) is 24.7 Å². The van der Waals surface area contributed by atoms with Gasteiger partial charge in [-0.1, -0.05) is 6.08 Å². The Hall–Kier alpha value is -3.03. The molecule has 1 aromatic carbocycles. The summed E-state index contributed by atoms with van der Waals surface area (Å²) >= 11 is 0. The third-order valence-corrected chi connectivity index (χ3v) is 3.48. The number of hydrogen-bond donors (Lipinski definition) is 1. The van der Waals surface area contributed by atoms with E-state index in [1.165, 1.54) is 22.8 Å². The first-order valence-electron chi connectivity index (χ1n) is 7.01. The van der Waals surface area contributed by atoms with Gasteiger partial charge in [0.1, 0.15) is 5.82 Å². The van der Waals surface area contributed by atoms with E-state index >= 15 is 0 Å². The molecule has 0 aliphatic carbocycles. The number of rotatable bonds is 4. The molecule has 0 spiro atoms. The zero-order valence-electron chi connectivity index (χ0n) is 12.2. The Balaban J connectivity index is 1.94. The molecule has 0 fully saturated rings. The summed E-state index contributed by atoms with van der Waals surface area (Å²) in [6.45, 7) is 4.60. The number of aromatic nitrogens is 3. The number of nitrogens with zero attached hydrogens (tertiary/aromatic N) is 4. The normalized spacial score (nSPS) is 12.8. The quantitative estimate of drug-likeness (QED) is 0.846. The zero-order chi connectivity index (χ0) is 16.4. The van der Waals surface area contributed by atoms with Crippen molar-refractivity contribution in [2.45, 2.75) is 6.54 Å². The maximum atomic E-state index is 13.0. The van der Waals surface area contributed by atoms with Crippen LogP contribution in [0, 0.1) is 5.82 Å². The van der Waals surface area contributed by atoms with Gasteiger partial charge in [0, 0.05) is 25.3 Å². The number of carbonyl (C=O) groups is 1. The molecule has 0 unspecified atom stereocenters. The van der Waals surface area contributed by atoms with Gasteiger partial charge in [-0.05, 0) is 24.3 Å². The molecule has 2 aromatic rings. The summed E-state index contributed by atoms with van der Waals surface area (Å²) in [5, 5.41) is 10.2. The summed E-state index contributed by atoms with van der Waals surface area (Å²) in [6, 6.07) is 5.87. The molecule has 0 bridgehead atoms. The maximum Gasteiger partial charge on any atom is 0.286 e. The van der Waals surface area contributed by atoms with Crippen LogP contribution < -0.4 is 15.8 Å². The van der Waals surface area contributed by atoms with Gasteiger partial charge in [0.2, 0.25) is 11.6 Å². The minimum absolute atomic E-state index is 0.239. The average molecular weight is 315 g/mol. The Morgan fingerprint density at radius 3 is 2.74 bits per heavy atom. The van der Waals surface area contributed by atoms with Crippen LogP contribution in [-0.2, 0) is 6.54 Å². The highest BCUT2D eigenvalue weighted by molar-refractivity contribution is 5.91. The van der Waals surface area contributed by atoms with Gasteiger partial charge in [0.05, 0.1) is 0 Å². The SMILES string of the molecule is C=CCNC(=O)c1nnc2n(c1=O)CCN2c1ccc(F)cc1. The largest absolute Gasteiger partial charge is 0.347 e. The molecule has 23 heavy (non-hydrogen) atoms. The second-order valence-corrected chi connectivity index (χ2v) is 4.93. The molecule has 118 valence electrons. The van der Waals surface area contributed by atoms with E-state index in [-0.39, 0.29) is 18.1 Å². The lowest BCUT2D eigenvalue weighted by Gasteiger charge is -2.16. The fourth-order valence-electron chi connectivity index (χ4n) is 2.37. The van der Waals surface area contributed by atoms with Crippen LogP contribution in [-0.4, -0.2) is 33.8 Å². The first-order valence-corrected chi connectivity index (χ1v) is 7.01. The number of halogens is 1. The van der Waals surface area contributed by atoms with Gasteiger partial charge in [-0.15, -0.1) is 16.8 Å². The van der Waals surface area contributed by atoms with E-state index in [1.807, 2.05) is 0 Å². The van der Waals surface area contributed by atoms with Gasteiger partial charge in [-0.2, -0.15) is 0 Å². The van der Waals surface area contributed by atoms with Crippen molar-refractivity contribution in [3.05, 3.63) is 58.8 Å². The van der Waals surface area contributed by atoms with Crippen LogP contribution in [0.5, 0.6) is 0 Å². The molecule has 0 radical (unpaired) electrons. The number of amides is 1. The van der Waals surface area contributed by atoms with E-state index in [0.717, 1.165) is 0 Å². The van der Waals surface area contributed by atoms with Crippen molar-refractivity contribution in [1.29, 1.82) is 0 Å². The lowest BCUT2D eigenvalue weighted by Crippen LogP contribution is -2.35. The first kappa shape index (κ1) is 14.9. The van der Waals surface area contributed by atoms with Gasteiger partial charge in [-0.3, -0.25) is 14.2 Å². The minimum atomic E-state index is -0.585. The summed E-state index contributed by atoms with van der Waals surface area (Å²) in [7, 11) is 0. The van der Waals surface area contributed by atoms with E-state index in [2.05, 4.69) is 22.1 Å². The molecule has 1 aromatic heterocycles. The van der Waals surface area contributed by atoms with Gasteiger partial charge in [0.15, 0.2) is 0 Å². The van der Waals surface area contributed by atoms with Gasteiger partial charge in [-0.25, -0.2) is 4.39 Å². The van der Waals surface area contributed by atoms with E-state index in [1.54, 1.807) is 17.0 Å². The summed E-state index contributed by atoms with van der Waals surface area (Å²) in [5.74, 6) is -0.592. The molecule has 2 heterocycles. The Kier molecular flexibility index (Phi) is 3.88. The van der Waals surface area contributed by atoms with Crippen LogP contribution in [0.15, 0.2) is 41.7 Å². The molecule has 0 saturated carbocycles. The van der Waals surface area contributed by atoms with Crippen LogP contribution in [0.25, 0.3) is 0 Å². The molecule has 1 aliphatic heterocycles. The Morgan fingerprint density at radius 1 is 1.30 bits per heavy atom. The molecule has 1 amide bonds. The number of carbonyl (C=O) groups excluding carboxylic acids is 1. The maximum absolute atomic E-state index is 13.0. The van der Waals surface area contributed by atoms with Crippen LogP contribution in [0.1, 0.15) is 10.5 Å². The van der Waals surface area contributed by atoms with Crippen molar-refractivity contribution in [1.82, 2.24) is 20.1 Å². The van der Waals surface area contributed by atoms with Crippen molar-refractivity contribution >= 4 is 17.5 Å². The fourth-order valence-corrected chi connectivity index (χ4v) is 2.37. The highest BCUT2D eigenvalue weighted by Gasteiger charge is 2.27. The molecule has 0 atom stereocenters. The molecular formula is C15H14FN5O2. The summed E-state index contributed by atoms with van der Waals surface area (Å²) in [5.41, 5.74) is -0.0482. The average Bonchev–Trinajstić information content (AvgIpc) is 2.98. The van der Waals surface area contributed by atoms with E-state index in [9.17, 15) is 14.0 Å². The van der Waals surface area contributed by atoms with Crippen molar-refractivity contribution in [2.75, 3.05) is 18.0 Å². The smallest absolute Gasteiger partial charge is 0.286 e. The van der Waals surface area contributed by atoms with Crippen molar-refractivity contribution < 1.29 is 9.18 Å². The predicted molar refractivity (Wildman–Crippen MR) is 82.2 cm³/mol.